The van der Waals surface area contributed by atoms with Crippen molar-refractivity contribution < 1.29 is 13.2 Å². The summed E-state index contributed by atoms with van der Waals surface area (Å²) < 4.78 is 38.8. The number of hydrogen-bond donors (Lipinski definition) is 1. The van der Waals surface area contributed by atoms with E-state index in [1.165, 1.54) is 6.20 Å². The zero-order chi connectivity index (χ0) is 12.4. The number of rotatable bonds is 2. The van der Waals surface area contributed by atoms with E-state index in [1.54, 1.807) is 18.3 Å². The molecule has 1 aromatic carbocycles. The van der Waals surface area contributed by atoms with E-state index in [-0.39, 0.29) is 5.56 Å². The molecular weight excluding hydrogens is 229 g/mol. The van der Waals surface area contributed by atoms with Crippen molar-refractivity contribution >= 4 is 0 Å². The molecule has 17 heavy (non-hydrogen) atoms. The molecule has 5 heteroatoms. The van der Waals surface area contributed by atoms with Crippen LogP contribution < -0.4 is 5.73 Å². The number of nitrogens with two attached hydrogens (primary N) is 1. The molecule has 0 fully saturated rings. The van der Waals surface area contributed by atoms with Crippen LogP contribution in [0.15, 0.2) is 36.7 Å². The van der Waals surface area contributed by atoms with E-state index in [4.69, 9.17) is 5.73 Å². The second-order valence-electron chi connectivity index (χ2n) is 3.56. The third-order valence-electron chi connectivity index (χ3n) is 2.41. The molecule has 0 aliphatic rings. The lowest BCUT2D eigenvalue weighted by atomic mass is 10.0. The van der Waals surface area contributed by atoms with E-state index >= 15 is 0 Å². The minimum absolute atomic E-state index is 0.161. The maximum absolute atomic E-state index is 13.0. The van der Waals surface area contributed by atoms with Crippen LogP contribution in [0.25, 0.3) is 0 Å². The van der Waals surface area contributed by atoms with Gasteiger partial charge in [-0.1, -0.05) is 6.07 Å². The molecule has 1 aromatic heterocycles. The third-order valence-corrected chi connectivity index (χ3v) is 2.41. The summed E-state index contributed by atoms with van der Waals surface area (Å²) in [5, 5.41) is 0. The van der Waals surface area contributed by atoms with E-state index in [2.05, 4.69) is 4.98 Å². The molecule has 1 heterocycles. The lowest BCUT2D eigenvalue weighted by molar-refractivity contribution is 0.444. The van der Waals surface area contributed by atoms with Gasteiger partial charge in [0.1, 0.15) is 0 Å². The third kappa shape index (κ3) is 2.29. The molecule has 0 aliphatic carbocycles. The van der Waals surface area contributed by atoms with Crippen molar-refractivity contribution in [3.8, 4) is 0 Å². The summed E-state index contributed by atoms with van der Waals surface area (Å²) in [5.41, 5.74) is 6.57. The molecule has 0 radical (unpaired) electrons. The Hall–Kier alpha value is -1.88. The average molecular weight is 238 g/mol. The summed E-state index contributed by atoms with van der Waals surface area (Å²) in [6, 6.07) is 4.36. The fraction of sp³-hybridized carbons (Fsp3) is 0.0833. The second-order valence-corrected chi connectivity index (χ2v) is 3.56. The minimum atomic E-state index is -1.49. The van der Waals surface area contributed by atoms with Gasteiger partial charge in [0.05, 0.1) is 6.04 Å². The summed E-state index contributed by atoms with van der Waals surface area (Å²) in [4.78, 5) is 3.85. The van der Waals surface area contributed by atoms with Crippen molar-refractivity contribution in [3.63, 3.8) is 0 Å². The van der Waals surface area contributed by atoms with Gasteiger partial charge in [-0.05, 0) is 29.3 Å². The SMILES string of the molecule is NC(c1cccnc1)c1cc(F)c(F)c(F)c1. The second kappa shape index (κ2) is 4.55. The van der Waals surface area contributed by atoms with Gasteiger partial charge < -0.3 is 5.73 Å². The Labute approximate surface area is 95.9 Å². The molecule has 0 spiro atoms. The Morgan fingerprint density at radius 2 is 1.71 bits per heavy atom. The van der Waals surface area contributed by atoms with E-state index in [1.807, 2.05) is 0 Å². The first-order valence-corrected chi connectivity index (χ1v) is 4.89. The molecule has 0 saturated carbocycles. The molecule has 2 N–H and O–H groups in total. The Kier molecular flexibility index (Phi) is 3.10. The Morgan fingerprint density at radius 1 is 1.06 bits per heavy atom. The zero-order valence-electron chi connectivity index (χ0n) is 8.70. The molecule has 2 rings (SSSR count). The van der Waals surface area contributed by atoms with Gasteiger partial charge >= 0.3 is 0 Å². The van der Waals surface area contributed by atoms with E-state index in [0.717, 1.165) is 12.1 Å². The molecule has 2 aromatic rings. The highest BCUT2D eigenvalue weighted by molar-refractivity contribution is 5.30. The number of nitrogens with zero attached hydrogens (tertiary/aromatic N) is 1. The van der Waals surface area contributed by atoms with Gasteiger partial charge in [0.15, 0.2) is 17.5 Å². The Bertz CT molecular complexity index is 506. The van der Waals surface area contributed by atoms with Crippen LogP contribution in [0.5, 0.6) is 0 Å². The highest BCUT2D eigenvalue weighted by Gasteiger charge is 2.15. The predicted molar refractivity (Wildman–Crippen MR) is 56.6 cm³/mol. The van der Waals surface area contributed by atoms with E-state index < -0.39 is 23.5 Å². The lowest BCUT2D eigenvalue weighted by Crippen LogP contribution is -2.13. The first-order valence-electron chi connectivity index (χ1n) is 4.89. The van der Waals surface area contributed by atoms with Gasteiger partial charge in [0, 0.05) is 12.4 Å². The topological polar surface area (TPSA) is 38.9 Å². The van der Waals surface area contributed by atoms with Crippen LogP contribution in [0.2, 0.25) is 0 Å². The number of hydrogen-bond acceptors (Lipinski definition) is 2. The molecule has 0 saturated heterocycles. The molecule has 88 valence electrons. The molecule has 0 aliphatic heterocycles. The van der Waals surface area contributed by atoms with E-state index in [9.17, 15) is 13.2 Å². The number of pyridine rings is 1. The maximum Gasteiger partial charge on any atom is 0.194 e. The van der Waals surface area contributed by atoms with Gasteiger partial charge in [-0.25, -0.2) is 13.2 Å². The molecular formula is C12H9F3N2. The number of halogens is 3. The van der Waals surface area contributed by atoms with E-state index in [0.29, 0.717) is 5.56 Å². The van der Waals surface area contributed by atoms with Crippen LogP contribution in [-0.4, -0.2) is 4.98 Å². The van der Waals surface area contributed by atoms with Crippen molar-refractivity contribution in [1.29, 1.82) is 0 Å². The predicted octanol–water partition coefficient (Wildman–Crippen LogP) is 2.55. The van der Waals surface area contributed by atoms with Crippen LogP contribution >= 0.6 is 0 Å². The van der Waals surface area contributed by atoms with Crippen LogP contribution in [0, 0.1) is 17.5 Å². The van der Waals surface area contributed by atoms with Crippen LogP contribution in [0.4, 0.5) is 13.2 Å². The number of benzene rings is 1. The monoisotopic (exact) mass is 238 g/mol. The fourth-order valence-corrected chi connectivity index (χ4v) is 1.51. The summed E-state index contributed by atoms with van der Waals surface area (Å²) >= 11 is 0. The molecule has 2 nitrogen and oxygen atoms in total. The lowest BCUT2D eigenvalue weighted by Gasteiger charge is -2.12. The highest BCUT2D eigenvalue weighted by atomic mass is 19.2. The molecule has 1 unspecified atom stereocenters. The van der Waals surface area contributed by atoms with Gasteiger partial charge in [0.2, 0.25) is 0 Å². The first kappa shape index (κ1) is 11.6. The Morgan fingerprint density at radius 3 is 2.24 bits per heavy atom. The number of aromatic nitrogens is 1. The zero-order valence-corrected chi connectivity index (χ0v) is 8.70. The van der Waals surface area contributed by atoms with Crippen molar-refractivity contribution in [1.82, 2.24) is 4.98 Å². The minimum Gasteiger partial charge on any atom is -0.320 e. The fourth-order valence-electron chi connectivity index (χ4n) is 1.51. The molecule has 0 amide bonds. The molecule has 1 atom stereocenters. The van der Waals surface area contributed by atoms with Crippen LogP contribution in [0.1, 0.15) is 17.2 Å². The largest absolute Gasteiger partial charge is 0.320 e. The van der Waals surface area contributed by atoms with Gasteiger partial charge in [-0.15, -0.1) is 0 Å². The smallest absolute Gasteiger partial charge is 0.194 e. The van der Waals surface area contributed by atoms with Crippen molar-refractivity contribution in [3.05, 3.63) is 65.2 Å². The van der Waals surface area contributed by atoms with Gasteiger partial charge in [-0.2, -0.15) is 0 Å². The normalized spacial score (nSPS) is 12.5. The molecule has 0 bridgehead atoms. The van der Waals surface area contributed by atoms with Crippen molar-refractivity contribution in [2.75, 3.05) is 0 Å². The Balaban J connectivity index is 2.41. The van der Waals surface area contributed by atoms with Crippen molar-refractivity contribution in [2.45, 2.75) is 6.04 Å². The summed E-state index contributed by atoms with van der Waals surface area (Å²) in [5.74, 6) is -3.99. The average Bonchev–Trinajstić information content (AvgIpc) is 2.35. The highest BCUT2D eigenvalue weighted by Crippen LogP contribution is 2.22. The van der Waals surface area contributed by atoms with Gasteiger partial charge in [-0.3, -0.25) is 4.98 Å². The summed E-state index contributed by atoms with van der Waals surface area (Å²) in [6.45, 7) is 0. The summed E-state index contributed by atoms with van der Waals surface area (Å²) in [6.07, 6.45) is 3.05. The first-order chi connectivity index (χ1) is 8.09. The van der Waals surface area contributed by atoms with Crippen LogP contribution in [0.3, 0.4) is 0 Å². The maximum atomic E-state index is 13.0. The summed E-state index contributed by atoms with van der Waals surface area (Å²) in [7, 11) is 0. The van der Waals surface area contributed by atoms with Gasteiger partial charge in [0.25, 0.3) is 0 Å². The quantitative estimate of drug-likeness (QED) is 0.816. The van der Waals surface area contributed by atoms with Crippen molar-refractivity contribution in [2.24, 2.45) is 5.73 Å². The van der Waals surface area contributed by atoms with Crippen LogP contribution in [-0.2, 0) is 0 Å². The standard InChI is InChI=1S/C12H9F3N2/c13-9-4-8(5-10(14)11(9)15)12(16)7-2-1-3-17-6-7/h1-6,12H,16H2.